The van der Waals surface area contributed by atoms with Gasteiger partial charge in [-0.05, 0) is 30.2 Å². The zero-order valence-electron chi connectivity index (χ0n) is 13.5. The molecule has 0 saturated heterocycles. The Morgan fingerprint density at radius 2 is 1.88 bits per heavy atom. The molecular formula is C17H13N7O2. The Hall–Kier alpha value is -3.75. The number of hydrogen-bond acceptors (Lipinski definition) is 9. The molecule has 1 aliphatic heterocycles. The molecule has 4 heterocycles. The molecular weight excluding hydrogens is 334 g/mol. The van der Waals surface area contributed by atoms with Crippen LogP contribution in [0.15, 0.2) is 51.6 Å². The van der Waals surface area contributed by atoms with Gasteiger partial charge in [0, 0.05) is 12.2 Å². The summed E-state index contributed by atoms with van der Waals surface area (Å²) in [5.41, 5.74) is 8.20. The van der Waals surface area contributed by atoms with E-state index in [2.05, 4.69) is 31.2 Å². The minimum atomic E-state index is 0.0960. The van der Waals surface area contributed by atoms with Gasteiger partial charge in [-0.1, -0.05) is 23.4 Å². The average molecular weight is 347 g/mol. The standard InChI is InChI=1S/C17H13N7O2/c18-16-20-13(14-19-15(26-23-14)12-6-3-9-25-12)21-17(22-16)24-8-7-10-4-1-2-5-11(10)24/h1-6,9H,7-8H2,(H2,18,20,21,22). The second-order valence-corrected chi connectivity index (χ2v) is 5.75. The summed E-state index contributed by atoms with van der Waals surface area (Å²) in [6.45, 7) is 0.770. The lowest BCUT2D eigenvalue weighted by Gasteiger charge is -2.17. The second kappa shape index (κ2) is 5.66. The van der Waals surface area contributed by atoms with Gasteiger partial charge in [-0.2, -0.15) is 19.9 Å². The van der Waals surface area contributed by atoms with Crippen LogP contribution in [0.1, 0.15) is 5.56 Å². The normalized spacial score (nSPS) is 13.2. The van der Waals surface area contributed by atoms with Crippen LogP contribution in [0.4, 0.5) is 17.6 Å². The van der Waals surface area contributed by atoms with E-state index in [0.717, 1.165) is 18.7 Å². The lowest BCUT2D eigenvalue weighted by atomic mass is 10.2. The molecule has 2 N–H and O–H groups in total. The third-order valence-electron chi connectivity index (χ3n) is 4.13. The fourth-order valence-electron chi connectivity index (χ4n) is 2.96. The van der Waals surface area contributed by atoms with E-state index in [4.69, 9.17) is 14.7 Å². The van der Waals surface area contributed by atoms with E-state index >= 15 is 0 Å². The summed E-state index contributed by atoms with van der Waals surface area (Å²) in [5, 5.41) is 3.92. The molecule has 9 nitrogen and oxygen atoms in total. The first-order chi connectivity index (χ1) is 12.8. The molecule has 0 atom stereocenters. The largest absolute Gasteiger partial charge is 0.459 e. The van der Waals surface area contributed by atoms with Gasteiger partial charge in [-0.3, -0.25) is 0 Å². The molecule has 9 heteroatoms. The zero-order valence-corrected chi connectivity index (χ0v) is 13.5. The first kappa shape index (κ1) is 14.6. The quantitative estimate of drug-likeness (QED) is 0.595. The maximum Gasteiger partial charge on any atom is 0.294 e. The number of para-hydroxylation sites is 1. The molecule has 0 unspecified atom stereocenters. The van der Waals surface area contributed by atoms with Gasteiger partial charge in [0.25, 0.3) is 5.89 Å². The minimum absolute atomic E-state index is 0.0960. The molecule has 0 bridgehead atoms. The van der Waals surface area contributed by atoms with Crippen LogP contribution in [0.5, 0.6) is 0 Å². The van der Waals surface area contributed by atoms with E-state index in [-0.39, 0.29) is 23.5 Å². The molecule has 0 aliphatic carbocycles. The Morgan fingerprint density at radius 3 is 2.77 bits per heavy atom. The summed E-state index contributed by atoms with van der Waals surface area (Å²) in [6, 6.07) is 11.6. The van der Waals surface area contributed by atoms with E-state index in [1.165, 1.54) is 11.8 Å². The monoisotopic (exact) mass is 347 g/mol. The van der Waals surface area contributed by atoms with Crippen molar-refractivity contribution in [1.29, 1.82) is 0 Å². The second-order valence-electron chi connectivity index (χ2n) is 5.75. The predicted molar refractivity (Wildman–Crippen MR) is 92.4 cm³/mol. The van der Waals surface area contributed by atoms with E-state index in [1.807, 2.05) is 23.1 Å². The van der Waals surface area contributed by atoms with Crippen LogP contribution < -0.4 is 10.6 Å². The Morgan fingerprint density at radius 1 is 0.962 bits per heavy atom. The SMILES string of the molecule is Nc1nc(-c2noc(-c3ccco3)n2)nc(N2CCc3ccccc32)n1. The van der Waals surface area contributed by atoms with Crippen molar-refractivity contribution in [3.63, 3.8) is 0 Å². The smallest absolute Gasteiger partial charge is 0.294 e. The number of hydrogen-bond donors (Lipinski definition) is 1. The third-order valence-corrected chi connectivity index (χ3v) is 4.13. The number of aromatic nitrogens is 5. The molecule has 1 aromatic carbocycles. The minimum Gasteiger partial charge on any atom is -0.459 e. The van der Waals surface area contributed by atoms with Crippen molar-refractivity contribution < 1.29 is 8.94 Å². The Bertz CT molecular complexity index is 1070. The fraction of sp³-hybridized carbons (Fsp3) is 0.118. The highest BCUT2D eigenvalue weighted by Crippen LogP contribution is 2.33. The van der Waals surface area contributed by atoms with Crippen LogP contribution in [0.2, 0.25) is 0 Å². The number of fused-ring (bicyclic) bond motifs is 1. The molecule has 3 aromatic heterocycles. The lowest BCUT2D eigenvalue weighted by molar-refractivity contribution is 0.416. The van der Waals surface area contributed by atoms with E-state index in [0.29, 0.717) is 11.7 Å². The molecule has 26 heavy (non-hydrogen) atoms. The van der Waals surface area contributed by atoms with Crippen LogP contribution >= 0.6 is 0 Å². The lowest BCUT2D eigenvalue weighted by Crippen LogP contribution is -2.18. The van der Waals surface area contributed by atoms with Crippen LogP contribution in [0.25, 0.3) is 23.3 Å². The molecule has 128 valence electrons. The molecule has 4 aromatic rings. The van der Waals surface area contributed by atoms with Crippen molar-refractivity contribution in [2.24, 2.45) is 0 Å². The van der Waals surface area contributed by atoms with Crippen LogP contribution in [0.3, 0.4) is 0 Å². The van der Waals surface area contributed by atoms with Gasteiger partial charge >= 0.3 is 0 Å². The Labute approximate surface area is 147 Å². The molecule has 1 aliphatic rings. The Balaban J connectivity index is 1.54. The highest BCUT2D eigenvalue weighted by Gasteiger charge is 2.24. The Kier molecular flexibility index (Phi) is 3.17. The summed E-state index contributed by atoms with van der Waals surface area (Å²) in [5.74, 6) is 1.75. The van der Waals surface area contributed by atoms with Gasteiger partial charge in [0.1, 0.15) is 0 Å². The molecule has 0 radical (unpaired) electrons. The summed E-state index contributed by atoms with van der Waals surface area (Å²) >= 11 is 0. The summed E-state index contributed by atoms with van der Waals surface area (Å²) in [4.78, 5) is 19.2. The summed E-state index contributed by atoms with van der Waals surface area (Å²) in [6.07, 6.45) is 2.45. The maximum atomic E-state index is 5.89. The number of anilines is 3. The number of rotatable bonds is 3. The highest BCUT2D eigenvalue weighted by molar-refractivity contribution is 5.67. The topological polar surface area (TPSA) is 120 Å². The van der Waals surface area contributed by atoms with Gasteiger partial charge in [0.05, 0.1) is 6.26 Å². The molecule has 0 saturated carbocycles. The van der Waals surface area contributed by atoms with E-state index in [1.54, 1.807) is 12.1 Å². The predicted octanol–water partition coefficient (Wildman–Crippen LogP) is 2.46. The third kappa shape index (κ3) is 2.37. The molecule has 5 rings (SSSR count). The number of furan rings is 1. The van der Waals surface area contributed by atoms with Crippen molar-refractivity contribution in [2.75, 3.05) is 17.2 Å². The van der Waals surface area contributed by atoms with Crippen LogP contribution in [-0.4, -0.2) is 31.6 Å². The molecule has 0 spiro atoms. The van der Waals surface area contributed by atoms with E-state index < -0.39 is 0 Å². The van der Waals surface area contributed by atoms with Crippen molar-refractivity contribution in [3.05, 3.63) is 48.2 Å². The summed E-state index contributed by atoms with van der Waals surface area (Å²) < 4.78 is 10.5. The van der Waals surface area contributed by atoms with Gasteiger partial charge < -0.3 is 19.6 Å². The number of nitrogen functional groups attached to an aromatic ring is 1. The van der Waals surface area contributed by atoms with Crippen LogP contribution in [-0.2, 0) is 6.42 Å². The maximum absolute atomic E-state index is 5.89. The first-order valence-corrected chi connectivity index (χ1v) is 8.03. The number of nitrogens with zero attached hydrogens (tertiary/aromatic N) is 6. The fourth-order valence-corrected chi connectivity index (χ4v) is 2.96. The highest BCUT2D eigenvalue weighted by atomic mass is 16.5. The van der Waals surface area contributed by atoms with Gasteiger partial charge in [-0.15, -0.1) is 0 Å². The van der Waals surface area contributed by atoms with Gasteiger partial charge in [-0.25, -0.2) is 0 Å². The van der Waals surface area contributed by atoms with Crippen molar-refractivity contribution in [2.45, 2.75) is 6.42 Å². The van der Waals surface area contributed by atoms with E-state index in [9.17, 15) is 0 Å². The zero-order chi connectivity index (χ0) is 17.5. The van der Waals surface area contributed by atoms with Crippen molar-refractivity contribution in [1.82, 2.24) is 25.1 Å². The first-order valence-electron chi connectivity index (χ1n) is 8.03. The number of nitrogens with two attached hydrogens (primary N) is 1. The summed E-state index contributed by atoms with van der Waals surface area (Å²) in [7, 11) is 0. The van der Waals surface area contributed by atoms with Gasteiger partial charge in [0.15, 0.2) is 5.76 Å². The molecule has 0 amide bonds. The van der Waals surface area contributed by atoms with Crippen LogP contribution in [0, 0.1) is 0 Å². The van der Waals surface area contributed by atoms with Crippen molar-refractivity contribution in [3.8, 4) is 23.3 Å². The molecule has 0 fully saturated rings. The average Bonchev–Trinajstić information content (AvgIpc) is 3.39. The van der Waals surface area contributed by atoms with Crippen molar-refractivity contribution >= 4 is 17.6 Å². The van der Waals surface area contributed by atoms with Gasteiger partial charge in [0.2, 0.25) is 23.5 Å². The number of benzene rings is 1.